The van der Waals surface area contributed by atoms with Crippen molar-refractivity contribution < 1.29 is 13.9 Å². The van der Waals surface area contributed by atoms with E-state index < -0.39 is 17.7 Å². The minimum absolute atomic E-state index is 0.121. The molecule has 0 radical (unpaired) electrons. The summed E-state index contributed by atoms with van der Waals surface area (Å²) >= 11 is 0. The van der Waals surface area contributed by atoms with Crippen molar-refractivity contribution in [1.29, 1.82) is 0 Å². The molecule has 2 aromatic carbocycles. The molecule has 0 aliphatic heterocycles. The van der Waals surface area contributed by atoms with Crippen molar-refractivity contribution in [2.75, 3.05) is 17.2 Å². The van der Waals surface area contributed by atoms with Gasteiger partial charge in [-0.3, -0.25) is 4.98 Å². The number of aromatic amines is 1. The van der Waals surface area contributed by atoms with Gasteiger partial charge in [0.25, 0.3) is 0 Å². The summed E-state index contributed by atoms with van der Waals surface area (Å²) in [6, 6.07) is 12.4. The molecule has 32 heavy (non-hydrogen) atoms. The summed E-state index contributed by atoms with van der Waals surface area (Å²) in [5.41, 5.74) is 4.71. The van der Waals surface area contributed by atoms with Crippen molar-refractivity contribution in [3.63, 3.8) is 0 Å². The summed E-state index contributed by atoms with van der Waals surface area (Å²) in [5, 5.41) is 17.1. The van der Waals surface area contributed by atoms with Crippen molar-refractivity contribution in [3.05, 3.63) is 83.3 Å². The zero-order valence-electron chi connectivity index (χ0n) is 17.5. The number of nitrogens with zero attached hydrogens (tertiary/aromatic N) is 1. The normalized spacial score (nSPS) is 15.2. The first-order chi connectivity index (χ1) is 15.6. The smallest absolute Gasteiger partial charge is 0.151 e. The van der Waals surface area contributed by atoms with Crippen LogP contribution in [-0.2, 0) is 12.8 Å². The van der Waals surface area contributed by atoms with E-state index in [4.69, 9.17) is 0 Å². The second kappa shape index (κ2) is 8.59. The van der Waals surface area contributed by atoms with Crippen molar-refractivity contribution in [3.8, 4) is 0 Å². The van der Waals surface area contributed by atoms with E-state index in [1.807, 2.05) is 24.4 Å². The third kappa shape index (κ3) is 3.91. The Bertz CT molecular complexity index is 1250. The van der Waals surface area contributed by atoms with Gasteiger partial charge in [0.15, 0.2) is 11.6 Å². The molecule has 0 fully saturated rings. The van der Waals surface area contributed by atoms with Gasteiger partial charge in [-0.05, 0) is 61.1 Å². The number of aliphatic hydroxyl groups is 1. The van der Waals surface area contributed by atoms with Gasteiger partial charge in [-0.2, -0.15) is 0 Å². The highest BCUT2D eigenvalue weighted by molar-refractivity contribution is 5.83. The molecule has 7 heteroatoms. The molecule has 1 unspecified atom stereocenters. The van der Waals surface area contributed by atoms with E-state index >= 15 is 0 Å². The number of pyridine rings is 1. The second-order valence-electron chi connectivity index (χ2n) is 8.11. The number of aryl methyl sites for hydroxylation is 1. The third-order valence-electron chi connectivity index (χ3n) is 5.99. The van der Waals surface area contributed by atoms with Crippen molar-refractivity contribution >= 4 is 28.0 Å². The first-order valence-electron chi connectivity index (χ1n) is 10.8. The Morgan fingerprint density at radius 3 is 2.78 bits per heavy atom. The van der Waals surface area contributed by atoms with Crippen LogP contribution in [0.1, 0.15) is 35.8 Å². The van der Waals surface area contributed by atoms with Gasteiger partial charge in [-0.15, -0.1) is 0 Å². The van der Waals surface area contributed by atoms with Gasteiger partial charge in [0, 0.05) is 41.2 Å². The standard InChI is InChI=1S/C25H24F2N4O/c26-19-12-16(31-22-9-11-29-24-18(22)7-8-23(24)32)13-20(27)25(19)28-10-3-4-15-14-30-21-6-2-1-5-17(15)21/h1-2,5-6,9,11-14,23,28,30,32H,3-4,7-8,10H2,(H,29,31). The molecule has 4 aromatic rings. The van der Waals surface area contributed by atoms with Crippen LogP contribution < -0.4 is 10.6 Å². The van der Waals surface area contributed by atoms with Crippen molar-refractivity contribution in [2.24, 2.45) is 0 Å². The van der Waals surface area contributed by atoms with Gasteiger partial charge >= 0.3 is 0 Å². The van der Waals surface area contributed by atoms with Crippen LogP contribution in [0.5, 0.6) is 0 Å². The number of aliphatic hydroxyl groups excluding tert-OH is 1. The maximum atomic E-state index is 14.7. The number of para-hydroxylation sites is 1. The van der Waals surface area contributed by atoms with E-state index in [2.05, 4.69) is 26.7 Å². The van der Waals surface area contributed by atoms with E-state index in [1.165, 1.54) is 23.1 Å². The number of hydrogen-bond donors (Lipinski definition) is 4. The predicted molar refractivity (Wildman–Crippen MR) is 122 cm³/mol. The average Bonchev–Trinajstić information content (AvgIpc) is 3.37. The van der Waals surface area contributed by atoms with E-state index in [0.29, 0.717) is 36.5 Å². The van der Waals surface area contributed by atoms with Crippen LogP contribution in [-0.4, -0.2) is 21.6 Å². The Morgan fingerprint density at radius 1 is 1.12 bits per heavy atom. The maximum absolute atomic E-state index is 14.7. The summed E-state index contributed by atoms with van der Waals surface area (Å²) < 4.78 is 29.3. The molecule has 5 rings (SSSR count). The van der Waals surface area contributed by atoms with Crippen LogP contribution in [0.25, 0.3) is 10.9 Å². The van der Waals surface area contributed by atoms with Crippen LogP contribution in [0.4, 0.5) is 25.8 Å². The molecule has 4 N–H and O–H groups in total. The first kappa shape index (κ1) is 20.5. The molecule has 0 bridgehead atoms. The van der Waals surface area contributed by atoms with Crippen LogP contribution in [0.15, 0.2) is 54.9 Å². The molecule has 1 aliphatic carbocycles. The number of halogens is 2. The predicted octanol–water partition coefficient (Wildman–Crippen LogP) is 5.61. The molecular weight excluding hydrogens is 410 g/mol. The maximum Gasteiger partial charge on any atom is 0.151 e. The average molecular weight is 434 g/mol. The lowest BCUT2D eigenvalue weighted by atomic mass is 10.1. The highest BCUT2D eigenvalue weighted by atomic mass is 19.1. The molecular formula is C25H24F2N4O. The zero-order chi connectivity index (χ0) is 22.1. The van der Waals surface area contributed by atoms with E-state index in [-0.39, 0.29) is 5.69 Å². The molecule has 1 atom stereocenters. The van der Waals surface area contributed by atoms with Crippen LogP contribution in [0, 0.1) is 11.6 Å². The number of rotatable bonds is 7. The van der Waals surface area contributed by atoms with Gasteiger partial charge < -0.3 is 20.7 Å². The highest BCUT2D eigenvalue weighted by Gasteiger charge is 2.24. The van der Waals surface area contributed by atoms with E-state index in [0.717, 1.165) is 23.9 Å². The lowest BCUT2D eigenvalue weighted by molar-refractivity contribution is 0.176. The number of benzene rings is 2. The fourth-order valence-electron chi connectivity index (χ4n) is 4.39. The fourth-order valence-corrected chi connectivity index (χ4v) is 4.39. The number of H-pyrrole nitrogens is 1. The highest BCUT2D eigenvalue weighted by Crippen LogP contribution is 2.35. The molecule has 1 aliphatic rings. The molecule has 164 valence electrons. The minimum Gasteiger partial charge on any atom is -0.387 e. The first-order valence-corrected chi connectivity index (χ1v) is 10.8. The van der Waals surface area contributed by atoms with Gasteiger partial charge in [0.1, 0.15) is 5.69 Å². The number of aromatic nitrogens is 2. The third-order valence-corrected chi connectivity index (χ3v) is 5.99. The quantitative estimate of drug-likeness (QED) is 0.285. The summed E-state index contributed by atoms with van der Waals surface area (Å²) in [6.07, 6.45) is 5.81. The minimum atomic E-state index is -0.648. The lowest BCUT2D eigenvalue weighted by Crippen LogP contribution is -2.07. The monoisotopic (exact) mass is 434 g/mol. The number of nitrogens with one attached hydrogen (secondary N) is 3. The van der Waals surface area contributed by atoms with Crippen molar-refractivity contribution in [2.45, 2.75) is 31.8 Å². The Morgan fingerprint density at radius 2 is 1.94 bits per heavy atom. The van der Waals surface area contributed by atoms with Crippen molar-refractivity contribution in [1.82, 2.24) is 9.97 Å². The summed E-state index contributed by atoms with van der Waals surface area (Å²) in [7, 11) is 0. The SMILES string of the molecule is OC1CCc2c(Nc3cc(F)c(NCCCc4c[nH]c5ccccc45)c(F)c3)ccnc21. The number of anilines is 3. The molecule has 2 aromatic heterocycles. The summed E-state index contributed by atoms with van der Waals surface area (Å²) in [4.78, 5) is 7.46. The molecule has 5 nitrogen and oxygen atoms in total. The largest absolute Gasteiger partial charge is 0.387 e. The Kier molecular flexibility index (Phi) is 5.49. The molecule has 2 heterocycles. The number of hydrogen-bond acceptors (Lipinski definition) is 4. The van der Waals surface area contributed by atoms with Gasteiger partial charge in [-0.25, -0.2) is 8.78 Å². The number of fused-ring (bicyclic) bond motifs is 2. The van der Waals surface area contributed by atoms with Crippen LogP contribution in [0.3, 0.4) is 0 Å². The molecule has 0 spiro atoms. The van der Waals surface area contributed by atoms with E-state index in [9.17, 15) is 13.9 Å². The van der Waals surface area contributed by atoms with Crippen LogP contribution >= 0.6 is 0 Å². The lowest BCUT2D eigenvalue weighted by Gasteiger charge is -2.14. The molecule has 0 amide bonds. The Labute approximate surface area is 184 Å². The Hall–Kier alpha value is -3.45. The van der Waals surface area contributed by atoms with E-state index in [1.54, 1.807) is 12.3 Å². The topological polar surface area (TPSA) is 73.0 Å². The summed E-state index contributed by atoms with van der Waals surface area (Å²) in [5.74, 6) is -1.30. The van der Waals surface area contributed by atoms with Crippen LogP contribution in [0.2, 0.25) is 0 Å². The zero-order valence-corrected chi connectivity index (χ0v) is 17.5. The fraction of sp³-hybridized carbons (Fsp3) is 0.240. The molecule has 0 saturated heterocycles. The Balaban J connectivity index is 1.23. The van der Waals surface area contributed by atoms with Gasteiger partial charge in [0.2, 0.25) is 0 Å². The summed E-state index contributed by atoms with van der Waals surface area (Å²) in [6.45, 7) is 0.454. The van der Waals surface area contributed by atoms with Gasteiger partial charge in [0.05, 0.1) is 11.8 Å². The second-order valence-corrected chi connectivity index (χ2v) is 8.11. The molecule has 0 saturated carbocycles. The van der Waals surface area contributed by atoms with Gasteiger partial charge in [-0.1, -0.05) is 18.2 Å².